The van der Waals surface area contributed by atoms with E-state index in [1.165, 1.54) is 42.5 Å². The number of rotatable bonds is 7. The molecule has 0 spiro atoms. The molecular formula is C16H17N3O6S2. The third-order valence-corrected chi connectivity index (χ3v) is 5.06. The monoisotopic (exact) mass is 411 g/mol. The molecule has 2 amide bonds. The van der Waals surface area contributed by atoms with Crippen molar-refractivity contribution in [3.8, 4) is 0 Å². The topological polar surface area (TPSA) is 145 Å². The van der Waals surface area contributed by atoms with Gasteiger partial charge in [0.15, 0.2) is 6.10 Å². The van der Waals surface area contributed by atoms with Crippen molar-refractivity contribution in [3.05, 3.63) is 46.7 Å². The van der Waals surface area contributed by atoms with Crippen molar-refractivity contribution >= 4 is 44.8 Å². The van der Waals surface area contributed by atoms with E-state index >= 15 is 0 Å². The van der Waals surface area contributed by atoms with Crippen molar-refractivity contribution in [3.63, 3.8) is 0 Å². The number of carbonyl (C=O) groups excluding carboxylic acids is 3. The van der Waals surface area contributed by atoms with Crippen molar-refractivity contribution in [2.75, 3.05) is 11.9 Å². The number of ether oxygens (including phenoxy) is 1. The maximum absolute atomic E-state index is 12.0. The number of esters is 1. The molecule has 2 rings (SSSR count). The summed E-state index contributed by atoms with van der Waals surface area (Å²) >= 11 is 1.23. The standard InChI is InChI=1S/C16H17N3O6S2/c1-10(25-14(20)9-18-16(22)13-3-2-8-26-13)15(21)19-11-4-6-12(7-5-11)27(17,23)24/h2-8,10H,9H2,1H3,(H,18,22)(H,19,21)(H2,17,23,24)/t10-/m1/s1. The van der Waals surface area contributed by atoms with E-state index in [1.807, 2.05) is 0 Å². The van der Waals surface area contributed by atoms with E-state index in [0.717, 1.165) is 0 Å². The number of benzene rings is 1. The predicted molar refractivity (Wildman–Crippen MR) is 98.7 cm³/mol. The van der Waals surface area contributed by atoms with E-state index < -0.39 is 33.9 Å². The third-order valence-electron chi connectivity index (χ3n) is 3.27. The lowest BCUT2D eigenvalue weighted by Crippen LogP contribution is -2.35. The molecule has 0 saturated heterocycles. The van der Waals surface area contributed by atoms with Gasteiger partial charge in [-0.05, 0) is 42.6 Å². The summed E-state index contributed by atoms with van der Waals surface area (Å²) in [6.07, 6.45) is -1.12. The van der Waals surface area contributed by atoms with Crippen LogP contribution in [0.15, 0.2) is 46.7 Å². The fraction of sp³-hybridized carbons (Fsp3) is 0.188. The molecule has 0 aliphatic carbocycles. The first-order valence-electron chi connectivity index (χ1n) is 7.62. The molecule has 27 heavy (non-hydrogen) atoms. The van der Waals surface area contributed by atoms with Gasteiger partial charge in [0.2, 0.25) is 10.0 Å². The second-order valence-electron chi connectivity index (χ2n) is 5.35. The normalized spacial score (nSPS) is 12.1. The summed E-state index contributed by atoms with van der Waals surface area (Å²) < 4.78 is 27.3. The lowest BCUT2D eigenvalue weighted by Gasteiger charge is -2.14. The van der Waals surface area contributed by atoms with Crippen molar-refractivity contribution in [1.29, 1.82) is 0 Å². The van der Waals surface area contributed by atoms with Gasteiger partial charge in [-0.15, -0.1) is 11.3 Å². The summed E-state index contributed by atoms with van der Waals surface area (Å²) in [6.45, 7) is 0.991. The van der Waals surface area contributed by atoms with Crippen LogP contribution in [0.4, 0.5) is 5.69 Å². The van der Waals surface area contributed by atoms with E-state index in [4.69, 9.17) is 9.88 Å². The van der Waals surface area contributed by atoms with Crippen LogP contribution in [0.3, 0.4) is 0 Å². The van der Waals surface area contributed by atoms with E-state index in [9.17, 15) is 22.8 Å². The smallest absolute Gasteiger partial charge is 0.326 e. The molecule has 2 aromatic rings. The zero-order chi connectivity index (χ0) is 20.0. The Morgan fingerprint density at radius 3 is 2.41 bits per heavy atom. The first kappa shape index (κ1) is 20.6. The molecule has 0 unspecified atom stereocenters. The summed E-state index contributed by atoms with van der Waals surface area (Å²) in [5.41, 5.74) is 0.307. The Morgan fingerprint density at radius 1 is 1.19 bits per heavy atom. The van der Waals surface area contributed by atoms with E-state index in [0.29, 0.717) is 10.6 Å². The highest BCUT2D eigenvalue weighted by Gasteiger charge is 2.19. The number of carbonyl (C=O) groups is 3. The number of amides is 2. The molecule has 1 atom stereocenters. The van der Waals surface area contributed by atoms with Crippen LogP contribution in [-0.4, -0.2) is 38.9 Å². The third kappa shape index (κ3) is 6.16. The lowest BCUT2D eigenvalue weighted by molar-refractivity contribution is -0.152. The van der Waals surface area contributed by atoms with Gasteiger partial charge in [0.25, 0.3) is 11.8 Å². The Morgan fingerprint density at radius 2 is 1.85 bits per heavy atom. The van der Waals surface area contributed by atoms with Gasteiger partial charge in [0.05, 0.1) is 9.77 Å². The van der Waals surface area contributed by atoms with Crippen LogP contribution in [-0.2, 0) is 24.3 Å². The highest BCUT2D eigenvalue weighted by Crippen LogP contribution is 2.13. The number of nitrogens with two attached hydrogens (primary N) is 1. The molecule has 144 valence electrons. The van der Waals surface area contributed by atoms with Crippen LogP contribution in [0.25, 0.3) is 0 Å². The van der Waals surface area contributed by atoms with E-state index in [-0.39, 0.29) is 11.4 Å². The number of hydrogen-bond donors (Lipinski definition) is 3. The molecule has 0 saturated carbocycles. The van der Waals surface area contributed by atoms with Gasteiger partial charge in [-0.25, -0.2) is 13.6 Å². The largest absolute Gasteiger partial charge is 0.451 e. The number of anilines is 1. The van der Waals surface area contributed by atoms with Crippen LogP contribution in [0.1, 0.15) is 16.6 Å². The van der Waals surface area contributed by atoms with Gasteiger partial charge >= 0.3 is 5.97 Å². The average Bonchev–Trinajstić information content (AvgIpc) is 3.14. The van der Waals surface area contributed by atoms with E-state index in [2.05, 4.69) is 10.6 Å². The SMILES string of the molecule is C[C@@H](OC(=O)CNC(=O)c1cccs1)C(=O)Nc1ccc(S(N)(=O)=O)cc1. The summed E-state index contributed by atoms with van der Waals surface area (Å²) in [5.74, 6) is -1.79. The molecule has 0 bridgehead atoms. The van der Waals surface area contributed by atoms with E-state index in [1.54, 1.807) is 17.5 Å². The van der Waals surface area contributed by atoms with Gasteiger partial charge < -0.3 is 15.4 Å². The molecule has 0 radical (unpaired) electrons. The molecule has 11 heteroatoms. The predicted octanol–water partition coefficient (Wildman–Crippen LogP) is 0.696. The second kappa shape index (κ2) is 8.75. The van der Waals surface area contributed by atoms with Gasteiger partial charge in [0, 0.05) is 5.69 Å². The molecular weight excluding hydrogens is 394 g/mol. The summed E-state index contributed by atoms with van der Waals surface area (Å²) in [6, 6.07) is 8.51. The Labute approximate surface area is 159 Å². The molecule has 1 heterocycles. The zero-order valence-electron chi connectivity index (χ0n) is 14.2. The van der Waals surface area contributed by atoms with Crippen molar-refractivity contribution in [2.45, 2.75) is 17.9 Å². The number of sulfonamides is 1. The highest BCUT2D eigenvalue weighted by molar-refractivity contribution is 7.89. The van der Waals surface area contributed by atoms with Crippen LogP contribution >= 0.6 is 11.3 Å². The fourth-order valence-corrected chi connectivity index (χ4v) is 3.07. The molecule has 0 aliphatic heterocycles. The molecule has 1 aromatic carbocycles. The molecule has 0 fully saturated rings. The first-order valence-corrected chi connectivity index (χ1v) is 10.0. The van der Waals surface area contributed by atoms with Crippen LogP contribution < -0.4 is 15.8 Å². The Balaban J connectivity index is 1.82. The summed E-state index contributed by atoms with van der Waals surface area (Å²) in [5, 5.41) is 11.6. The zero-order valence-corrected chi connectivity index (χ0v) is 15.8. The molecule has 4 N–H and O–H groups in total. The minimum Gasteiger partial charge on any atom is -0.451 e. The fourth-order valence-electron chi connectivity index (χ4n) is 1.91. The number of hydrogen-bond acceptors (Lipinski definition) is 7. The Bertz CT molecular complexity index is 924. The van der Waals surface area contributed by atoms with Crippen molar-refractivity contribution < 1.29 is 27.5 Å². The molecule has 1 aromatic heterocycles. The van der Waals surface area contributed by atoms with Gasteiger partial charge in [-0.2, -0.15) is 0 Å². The van der Waals surface area contributed by atoms with Gasteiger partial charge in [-0.1, -0.05) is 6.07 Å². The quantitative estimate of drug-likeness (QED) is 0.572. The van der Waals surface area contributed by atoms with Gasteiger partial charge in [-0.3, -0.25) is 14.4 Å². The number of primary sulfonamides is 1. The minimum atomic E-state index is -3.83. The average molecular weight is 411 g/mol. The highest BCUT2D eigenvalue weighted by atomic mass is 32.2. The van der Waals surface area contributed by atoms with Crippen LogP contribution in [0, 0.1) is 0 Å². The first-order chi connectivity index (χ1) is 12.7. The molecule has 9 nitrogen and oxygen atoms in total. The maximum atomic E-state index is 12.0. The number of thiophene rings is 1. The van der Waals surface area contributed by atoms with Gasteiger partial charge in [0.1, 0.15) is 6.54 Å². The minimum absolute atomic E-state index is 0.0959. The summed E-state index contributed by atoms with van der Waals surface area (Å²) in [7, 11) is -3.83. The molecule has 0 aliphatic rings. The second-order valence-corrected chi connectivity index (χ2v) is 7.86. The summed E-state index contributed by atoms with van der Waals surface area (Å²) in [4.78, 5) is 35.9. The van der Waals surface area contributed by atoms with Crippen molar-refractivity contribution in [2.24, 2.45) is 5.14 Å². The van der Waals surface area contributed by atoms with Crippen molar-refractivity contribution in [1.82, 2.24) is 5.32 Å². The van der Waals surface area contributed by atoms with Crippen LogP contribution in [0.5, 0.6) is 0 Å². The Hall–Kier alpha value is -2.76. The maximum Gasteiger partial charge on any atom is 0.326 e. The Kier molecular flexibility index (Phi) is 6.66. The van der Waals surface area contributed by atoms with Crippen LogP contribution in [0.2, 0.25) is 0 Å². The number of nitrogens with one attached hydrogen (secondary N) is 2. The lowest BCUT2D eigenvalue weighted by atomic mass is 10.3.